The van der Waals surface area contributed by atoms with Crippen LogP contribution >= 0.6 is 0 Å². The number of carbonyl (C=O) groups excluding carboxylic acids is 2. The smallest absolute Gasteiger partial charge is 0.225 e. The largest absolute Gasteiger partial charge is 0.346 e. The molecule has 0 radical (unpaired) electrons. The van der Waals surface area contributed by atoms with Crippen LogP contribution in [0.3, 0.4) is 0 Å². The number of aromatic nitrogens is 1. The van der Waals surface area contributed by atoms with E-state index >= 15 is 0 Å². The highest BCUT2D eigenvalue weighted by atomic mass is 19.1. The zero-order chi connectivity index (χ0) is 17.7. The number of benzene rings is 1. The zero-order valence-corrected chi connectivity index (χ0v) is 12.8. The van der Waals surface area contributed by atoms with E-state index in [0.29, 0.717) is 6.07 Å². The molecule has 1 aromatic heterocycles. The van der Waals surface area contributed by atoms with Gasteiger partial charge in [0.15, 0.2) is 5.78 Å². The lowest BCUT2D eigenvalue weighted by Gasteiger charge is -2.12. The summed E-state index contributed by atoms with van der Waals surface area (Å²) in [7, 11) is 0. The molecule has 0 saturated heterocycles. The minimum Gasteiger partial charge on any atom is -0.346 e. The Hall–Kier alpha value is -2.96. The van der Waals surface area contributed by atoms with Crippen molar-refractivity contribution in [3.63, 3.8) is 0 Å². The van der Waals surface area contributed by atoms with Crippen molar-refractivity contribution in [1.82, 2.24) is 10.3 Å². The molecule has 5 nitrogen and oxygen atoms in total. The fourth-order valence-electron chi connectivity index (χ4n) is 2.14. The van der Waals surface area contributed by atoms with E-state index < -0.39 is 34.8 Å². The molecule has 0 aliphatic carbocycles. The van der Waals surface area contributed by atoms with Gasteiger partial charge in [-0.2, -0.15) is 0 Å². The van der Waals surface area contributed by atoms with Crippen molar-refractivity contribution in [3.8, 4) is 0 Å². The van der Waals surface area contributed by atoms with Gasteiger partial charge >= 0.3 is 0 Å². The van der Waals surface area contributed by atoms with Crippen molar-refractivity contribution in [2.75, 3.05) is 0 Å². The first kappa shape index (κ1) is 17.4. The highest BCUT2D eigenvalue weighted by Gasteiger charge is 2.19. The van der Waals surface area contributed by atoms with Crippen molar-refractivity contribution < 1.29 is 18.4 Å². The third-order valence-corrected chi connectivity index (χ3v) is 3.22. The van der Waals surface area contributed by atoms with Crippen LogP contribution in [0, 0.1) is 11.6 Å². The van der Waals surface area contributed by atoms with Gasteiger partial charge in [0.2, 0.25) is 11.3 Å². The zero-order valence-electron chi connectivity index (χ0n) is 12.8. The number of amides is 1. The summed E-state index contributed by atoms with van der Waals surface area (Å²) in [5.74, 6) is -2.74. The Balaban J connectivity index is 2.07. The third kappa shape index (κ3) is 4.52. The van der Waals surface area contributed by atoms with Crippen LogP contribution in [0.2, 0.25) is 0 Å². The molecule has 1 aromatic carbocycles. The molecule has 0 spiro atoms. The molecule has 1 atom stereocenters. The van der Waals surface area contributed by atoms with Gasteiger partial charge < -0.3 is 5.32 Å². The molecule has 2 aromatic rings. The molecule has 0 aliphatic heterocycles. The van der Waals surface area contributed by atoms with Crippen LogP contribution in [0.25, 0.3) is 0 Å². The molecule has 0 aliphatic rings. The SMILES string of the molecule is C[C@H](NC(=O)Cc1cc(F)cc(F)c1)C(=O)c1cccncc1=O. The van der Waals surface area contributed by atoms with Gasteiger partial charge in [-0.15, -0.1) is 0 Å². The second-order valence-corrected chi connectivity index (χ2v) is 5.17. The van der Waals surface area contributed by atoms with E-state index in [2.05, 4.69) is 10.3 Å². The Morgan fingerprint density at radius 1 is 1.21 bits per heavy atom. The number of hydrogen-bond acceptors (Lipinski definition) is 4. The van der Waals surface area contributed by atoms with E-state index in [9.17, 15) is 23.2 Å². The Morgan fingerprint density at radius 3 is 2.54 bits per heavy atom. The molecule has 1 N–H and O–H groups in total. The van der Waals surface area contributed by atoms with Crippen LogP contribution in [0.5, 0.6) is 0 Å². The summed E-state index contributed by atoms with van der Waals surface area (Å²) in [6.07, 6.45) is 2.08. The third-order valence-electron chi connectivity index (χ3n) is 3.22. The van der Waals surface area contributed by atoms with E-state index in [4.69, 9.17) is 0 Å². The van der Waals surface area contributed by atoms with Gasteiger partial charge in [-0.1, -0.05) is 0 Å². The average Bonchev–Trinajstić information content (AvgIpc) is 2.69. The van der Waals surface area contributed by atoms with Crippen LogP contribution in [0.4, 0.5) is 8.78 Å². The second-order valence-electron chi connectivity index (χ2n) is 5.17. The van der Waals surface area contributed by atoms with Crippen LogP contribution in [0.15, 0.2) is 47.5 Å². The molecule has 1 heterocycles. The lowest BCUT2D eigenvalue weighted by Crippen LogP contribution is -2.40. The number of carbonyl (C=O) groups is 2. The van der Waals surface area contributed by atoms with E-state index in [1.165, 1.54) is 25.3 Å². The maximum Gasteiger partial charge on any atom is 0.225 e. The number of rotatable bonds is 5. The summed E-state index contributed by atoms with van der Waals surface area (Å²) in [6, 6.07) is 4.57. The minimum absolute atomic E-state index is 0.0999. The Kier molecular flexibility index (Phi) is 5.47. The molecule has 2 rings (SSSR count). The summed E-state index contributed by atoms with van der Waals surface area (Å²) in [6.45, 7) is 1.42. The Bertz CT molecular complexity index is 820. The van der Waals surface area contributed by atoms with Crippen LogP contribution < -0.4 is 10.7 Å². The molecular formula is C17H14F2N2O3. The van der Waals surface area contributed by atoms with E-state index in [1.807, 2.05) is 0 Å². The van der Waals surface area contributed by atoms with Gasteiger partial charge in [-0.25, -0.2) is 8.78 Å². The van der Waals surface area contributed by atoms with Crippen LogP contribution in [-0.4, -0.2) is 22.7 Å². The van der Waals surface area contributed by atoms with Crippen LogP contribution in [-0.2, 0) is 11.2 Å². The predicted octanol–water partition coefficient (Wildman–Crippen LogP) is 1.65. The fraction of sp³-hybridized carbons (Fsp3) is 0.176. The van der Waals surface area contributed by atoms with Crippen molar-refractivity contribution in [2.24, 2.45) is 0 Å². The standard InChI is InChI=1S/C17H14F2N2O3/c1-10(17(24)14-3-2-4-20-9-15(14)22)21-16(23)7-11-5-12(18)8-13(19)6-11/h2-6,8-10H,7H2,1H3,(H,21,23)/t10-/m0/s1. The average molecular weight is 332 g/mol. The monoisotopic (exact) mass is 332 g/mol. The predicted molar refractivity (Wildman–Crippen MR) is 82.5 cm³/mol. The first-order valence-corrected chi connectivity index (χ1v) is 7.09. The summed E-state index contributed by atoms with van der Waals surface area (Å²) >= 11 is 0. The summed E-state index contributed by atoms with van der Waals surface area (Å²) in [4.78, 5) is 39.6. The molecule has 124 valence electrons. The molecule has 24 heavy (non-hydrogen) atoms. The van der Waals surface area contributed by atoms with Gasteiger partial charge in [0.05, 0.1) is 24.2 Å². The highest BCUT2D eigenvalue weighted by Crippen LogP contribution is 2.09. The lowest BCUT2D eigenvalue weighted by molar-refractivity contribution is -0.120. The lowest BCUT2D eigenvalue weighted by atomic mass is 10.1. The van der Waals surface area contributed by atoms with Crippen molar-refractivity contribution in [2.45, 2.75) is 19.4 Å². The highest BCUT2D eigenvalue weighted by molar-refractivity contribution is 6.01. The summed E-state index contributed by atoms with van der Waals surface area (Å²) < 4.78 is 26.2. The molecule has 1 amide bonds. The summed E-state index contributed by atoms with van der Waals surface area (Å²) in [5.41, 5.74) is -0.514. The van der Waals surface area contributed by atoms with E-state index in [0.717, 1.165) is 18.3 Å². The number of nitrogens with one attached hydrogen (secondary N) is 1. The van der Waals surface area contributed by atoms with Crippen molar-refractivity contribution in [1.29, 1.82) is 0 Å². The molecular weight excluding hydrogens is 318 g/mol. The quantitative estimate of drug-likeness (QED) is 0.845. The molecule has 0 unspecified atom stereocenters. The molecule has 0 bridgehead atoms. The van der Waals surface area contributed by atoms with Gasteiger partial charge in [0, 0.05) is 12.3 Å². The van der Waals surface area contributed by atoms with Crippen molar-refractivity contribution >= 4 is 11.7 Å². The maximum atomic E-state index is 13.1. The minimum atomic E-state index is -0.967. The number of ketones is 1. The fourth-order valence-corrected chi connectivity index (χ4v) is 2.14. The number of hydrogen-bond donors (Lipinski definition) is 1. The van der Waals surface area contributed by atoms with E-state index in [-0.39, 0.29) is 17.5 Å². The van der Waals surface area contributed by atoms with Gasteiger partial charge in [-0.05, 0) is 36.8 Å². The van der Waals surface area contributed by atoms with Gasteiger partial charge in [0.25, 0.3) is 0 Å². The molecule has 7 heteroatoms. The first-order chi connectivity index (χ1) is 11.4. The summed E-state index contributed by atoms with van der Waals surface area (Å²) in [5, 5.41) is 2.41. The second kappa shape index (κ2) is 7.54. The van der Waals surface area contributed by atoms with Crippen LogP contribution in [0.1, 0.15) is 22.8 Å². The van der Waals surface area contributed by atoms with E-state index in [1.54, 1.807) is 0 Å². The molecule has 0 saturated carbocycles. The Labute approximate surface area is 136 Å². The first-order valence-electron chi connectivity index (χ1n) is 7.09. The normalized spacial score (nSPS) is 11.6. The number of nitrogens with zero attached hydrogens (tertiary/aromatic N) is 1. The topological polar surface area (TPSA) is 76.1 Å². The number of halogens is 2. The Morgan fingerprint density at radius 2 is 1.88 bits per heavy atom. The number of Topliss-reactive ketones (excluding diaryl/α,β-unsaturated/α-hetero) is 1. The molecule has 0 fully saturated rings. The van der Waals surface area contributed by atoms with Gasteiger partial charge in [0.1, 0.15) is 11.6 Å². The maximum absolute atomic E-state index is 13.1. The van der Waals surface area contributed by atoms with Crippen molar-refractivity contribution in [3.05, 3.63) is 75.7 Å². The van der Waals surface area contributed by atoms with Gasteiger partial charge in [-0.3, -0.25) is 19.4 Å².